The maximum atomic E-state index is 2.52. The van der Waals surface area contributed by atoms with Crippen LogP contribution >= 0.6 is 0 Å². The average molecular weight is 491 g/mol. The summed E-state index contributed by atoms with van der Waals surface area (Å²) in [6.45, 7) is 4.44. The van der Waals surface area contributed by atoms with E-state index in [-0.39, 0.29) is 44.7 Å². The van der Waals surface area contributed by atoms with Crippen LogP contribution in [0.1, 0.15) is 22.4 Å². The molecular weight excluding hydrogens is 473 g/mol. The van der Waals surface area contributed by atoms with Gasteiger partial charge in [0.25, 0.3) is 0 Å². The first-order chi connectivity index (χ1) is 9.15. The third kappa shape index (κ3) is 3.10. The normalized spacial score (nSPS) is 10.6. The van der Waals surface area contributed by atoms with Crippen molar-refractivity contribution in [3.63, 3.8) is 0 Å². The van der Waals surface area contributed by atoms with Crippen molar-refractivity contribution < 1.29 is 26.8 Å². The van der Waals surface area contributed by atoms with E-state index >= 15 is 0 Å². The van der Waals surface area contributed by atoms with Crippen LogP contribution in [0.15, 0.2) is 42.5 Å². The minimum Gasteiger partial charge on any atom is -1.00 e. The number of nitrogens with zero attached hydrogens (tertiary/aromatic N) is 1. The number of hydrogen-bond acceptors (Lipinski definition) is 0. The van der Waals surface area contributed by atoms with Gasteiger partial charge in [0.2, 0.25) is 0 Å². The summed E-state index contributed by atoms with van der Waals surface area (Å²) in [6.07, 6.45) is 1.05. The van der Waals surface area contributed by atoms with Gasteiger partial charge < -0.3 is 24.0 Å². The molecule has 1 heterocycles. The Hall–Kier alpha value is -0.370. The van der Waals surface area contributed by atoms with Crippen molar-refractivity contribution in [2.75, 3.05) is 0 Å². The topological polar surface area (TPSA) is 3.88 Å². The minimum absolute atomic E-state index is 0. The zero-order valence-electron chi connectivity index (χ0n) is 12.0. The van der Waals surface area contributed by atoms with E-state index in [0.29, 0.717) is 0 Å². The van der Waals surface area contributed by atoms with Crippen LogP contribution in [0.5, 0.6) is 0 Å². The molecule has 104 valence electrons. The van der Waals surface area contributed by atoms with Crippen LogP contribution in [-0.2, 0) is 13.5 Å². The van der Waals surface area contributed by atoms with Crippen LogP contribution < -0.4 is 26.8 Å². The second-order valence-corrected chi connectivity index (χ2v) is 8.47. The average Bonchev–Trinajstić information content (AvgIpc) is 2.68. The number of hydrogen-bond donors (Lipinski definition) is 0. The summed E-state index contributed by atoms with van der Waals surface area (Å²) < 4.78 is 4.11. The van der Waals surface area contributed by atoms with Crippen LogP contribution in [0.4, 0.5) is 0 Å². The molecule has 2 aromatic carbocycles. The Morgan fingerprint density at radius 1 is 1.00 bits per heavy atom. The number of benzene rings is 2. The third-order valence-electron chi connectivity index (χ3n) is 3.74. The molecule has 0 aliphatic heterocycles. The summed E-state index contributed by atoms with van der Waals surface area (Å²) in [5.41, 5.74) is 5.75. The van der Waals surface area contributed by atoms with Crippen LogP contribution in [0.2, 0.25) is 0 Å². The van der Waals surface area contributed by atoms with E-state index in [4.69, 9.17) is 0 Å². The Labute approximate surface area is 147 Å². The molecule has 0 N–H and O–H groups in total. The molecule has 3 heteroatoms. The molecule has 0 aliphatic carbocycles. The fourth-order valence-corrected chi connectivity index (χ4v) is 5.52. The van der Waals surface area contributed by atoms with Gasteiger partial charge in [-0.15, -0.1) is 0 Å². The summed E-state index contributed by atoms with van der Waals surface area (Å²) in [5.74, 6) is 0. The molecule has 0 unspecified atom stereocenters. The van der Waals surface area contributed by atoms with Crippen LogP contribution in [0.3, 0.4) is 0 Å². The number of fused-ring (bicyclic) bond motifs is 1. The fourth-order valence-electron chi connectivity index (χ4n) is 2.46. The molecule has 0 saturated carbocycles. The van der Waals surface area contributed by atoms with Gasteiger partial charge in [-0.05, 0) is 0 Å². The van der Waals surface area contributed by atoms with E-state index in [1.807, 2.05) is 0 Å². The standard InChI is InChI=1S/C17H18NTe.HI/c1-12-9-15-16(11-14-7-5-4-6-8-14)18(3)19-17(15)10-13(12)2;/h4-10H,11H2,1-3H3;1H/q+1;/p-1. The molecule has 0 bridgehead atoms. The van der Waals surface area contributed by atoms with Crippen molar-refractivity contribution in [2.45, 2.75) is 20.3 Å². The molecule has 0 saturated heterocycles. The van der Waals surface area contributed by atoms with Crippen LogP contribution in [-0.4, -0.2) is 20.7 Å². The maximum absolute atomic E-state index is 2.52. The van der Waals surface area contributed by atoms with Gasteiger partial charge >= 0.3 is 124 Å². The van der Waals surface area contributed by atoms with Gasteiger partial charge in [-0.2, -0.15) is 0 Å². The van der Waals surface area contributed by atoms with E-state index in [1.54, 1.807) is 3.40 Å². The van der Waals surface area contributed by atoms with Gasteiger partial charge in [-0.3, -0.25) is 0 Å². The van der Waals surface area contributed by atoms with Crippen LogP contribution in [0, 0.1) is 13.8 Å². The van der Waals surface area contributed by atoms with Gasteiger partial charge in [0, 0.05) is 0 Å². The van der Waals surface area contributed by atoms with E-state index in [0.717, 1.165) is 6.42 Å². The number of aromatic nitrogens is 1. The van der Waals surface area contributed by atoms with Crippen LogP contribution in [0.25, 0.3) is 8.79 Å². The molecule has 1 nitrogen and oxygen atoms in total. The summed E-state index contributed by atoms with van der Waals surface area (Å²) >= 11 is -0.203. The molecule has 0 fully saturated rings. The third-order valence-corrected chi connectivity index (χ3v) is 6.67. The molecule has 3 aromatic rings. The van der Waals surface area contributed by atoms with E-state index in [1.165, 1.54) is 27.8 Å². The van der Waals surface area contributed by atoms with Gasteiger partial charge in [-0.1, -0.05) is 0 Å². The van der Waals surface area contributed by atoms with Gasteiger partial charge in [0.15, 0.2) is 0 Å². The zero-order valence-corrected chi connectivity index (χ0v) is 16.5. The number of aryl methyl sites for hydroxylation is 3. The predicted octanol–water partition coefficient (Wildman–Crippen LogP) is -0.0671. The second kappa shape index (κ2) is 6.60. The Kier molecular flexibility index (Phi) is 5.28. The first kappa shape index (κ1) is 16.0. The number of rotatable bonds is 2. The monoisotopic (exact) mass is 493 g/mol. The van der Waals surface area contributed by atoms with Gasteiger partial charge in [0.1, 0.15) is 0 Å². The van der Waals surface area contributed by atoms with Crippen molar-refractivity contribution in [2.24, 2.45) is 7.05 Å². The van der Waals surface area contributed by atoms with Gasteiger partial charge in [0.05, 0.1) is 0 Å². The summed E-state index contributed by atoms with van der Waals surface area (Å²) in [5, 5.41) is 1.50. The molecule has 3 rings (SSSR count). The molecule has 1 aromatic heterocycles. The predicted molar refractivity (Wildman–Crippen MR) is 80.8 cm³/mol. The van der Waals surface area contributed by atoms with Crippen molar-refractivity contribution in [1.82, 2.24) is 0 Å². The largest absolute Gasteiger partial charge is 1.00 e. The van der Waals surface area contributed by atoms with Gasteiger partial charge in [-0.25, -0.2) is 0 Å². The number of halogens is 1. The molecule has 0 spiro atoms. The Morgan fingerprint density at radius 3 is 2.35 bits per heavy atom. The molecular formula is C17H18INTe. The fraction of sp³-hybridized carbons (Fsp3) is 0.235. The zero-order chi connectivity index (χ0) is 13.4. The summed E-state index contributed by atoms with van der Waals surface area (Å²) in [7, 11) is 2.26. The van der Waals surface area contributed by atoms with Crippen molar-refractivity contribution in [1.29, 1.82) is 0 Å². The summed E-state index contributed by atoms with van der Waals surface area (Å²) in [4.78, 5) is 0. The minimum atomic E-state index is -0.203. The maximum Gasteiger partial charge on any atom is -1.00 e. The SMILES string of the molecule is Cc1cc2[te][n+](C)c(Cc3ccccc3)c2cc1C.[I-]. The van der Waals surface area contributed by atoms with Crippen molar-refractivity contribution in [3.05, 3.63) is 64.8 Å². The molecule has 0 aliphatic rings. The first-order valence-electron chi connectivity index (χ1n) is 6.58. The smallest absolute Gasteiger partial charge is 1.00 e. The van der Waals surface area contributed by atoms with Crippen molar-refractivity contribution in [3.8, 4) is 0 Å². The molecule has 0 amide bonds. The van der Waals surface area contributed by atoms with E-state index < -0.39 is 0 Å². The molecule has 0 radical (unpaired) electrons. The molecule has 0 atom stereocenters. The summed E-state index contributed by atoms with van der Waals surface area (Å²) in [6, 6.07) is 15.6. The first-order valence-corrected chi connectivity index (χ1v) is 8.79. The quantitative estimate of drug-likeness (QED) is 0.350. The Balaban J connectivity index is 0.00000147. The Bertz CT molecular complexity index is 732. The van der Waals surface area contributed by atoms with E-state index in [9.17, 15) is 0 Å². The van der Waals surface area contributed by atoms with Crippen molar-refractivity contribution >= 4 is 29.5 Å². The second-order valence-electron chi connectivity index (χ2n) is 5.13. The van der Waals surface area contributed by atoms with E-state index in [2.05, 4.69) is 66.2 Å². The molecule has 20 heavy (non-hydrogen) atoms. The Morgan fingerprint density at radius 2 is 1.65 bits per heavy atom.